The summed E-state index contributed by atoms with van der Waals surface area (Å²) in [6.45, 7) is 5.43. The first-order valence-corrected chi connectivity index (χ1v) is 17.3. The molecule has 1 aliphatic rings. The van der Waals surface area contributed by atoms with Crippen LogP contribution in [0.4, 0.5) is 9.18 Å². The van der Waals surface area contributed by atoms with Gasteiger partial charge in [-0.1, -0.05) is 60.9 Å². The summed E-state index contributed by atoms with van der Waals surface area (Å²) >= 11 is 14.4. The average molecular weight is 693 g/mol. The Hall–Kier alpha value is -3.29. The molecule has 238 valence electrons. The first-order valence-electron chi connectivity index (χ1n) is 14.1. The van der Waals surface area contributed by atoms with E-state index in [0.717, 1.165) is 24.1 Å². The lowest BCUT2D eigenvalue weighted by Gasteiger charge is -2.28. The summed E-state index contributed by atoms with van der Waals surface area (Å²) in [6, 6.07) is 15.3. The van der Waals surface area contributed by atoms with Crippen LogP contribution in [-0.2, 0) is 21.2 Å². The van der Waals surface area contributed by atoms with Gasteiger partial charge in [-0.2, -0.15) is 0 Å². The zero-order valence-corrected chi connectivity index (χ0v) is 28.0. The van der Waals surface area contributed by atoms with Crippen LogP contribution in [0.15, 0.2) is 76.9 Å². The van der Waals surface area contributed by atoms with Crippen molar-refractivity contribution < 1.29 is 22.3 Å². The molecule has 1 saturated heterocycles. The second kappa shape index (κ2) is 13.6. The van der Waals surface area contributed by atoms with E-state index in [-0.39, 0.29) is 15.7 Å². The number of aromatic nitrogens is 2. The van der Waals surface area contributed by atoms with Gasteiger partial charge in [0.05, 0.1) is 28.9 Å². The SMILES string of the molecule is COc1ccc(C(C)(C)c2cnc(SCc3ccc(S(=O)(=O)NC(=O)NN4CCCC4)cc3Cl)n2-c2ccc(F)cc2)cc1Cl. The third-order valence-electron chi connectivity index (χ3n) is 7.61. The molecule has 0 atom stereocenters. The van der Waals surface area contributed by atoms with Gasteiger partial charge in [-0.25, -0.2) is 32.3 Å². The van der Waals surface area contributed by atoms with Gasteiger partial charge in [0.2, 0.25) is 0 Å². The number of benzene rings is 3. The minimum Gasteiger partial charge on any atom is -0.495 e. The number of methoxy groups -OCH3 is 1. The number of amides is 2. The van der Waals surface area contributed by atoms with E-state index in [2.05, 4.69) is 5.43 Å². The van der Waals surface area contributed by atoms with Gasteiger partial charge < -0.3 is 4.74 Å². The van der Waals surface area contributed by atoms with E-state index in [0.29, 0.717) is 46.0 Å². The van der Waals surface area contributed by atoms with E-state index < -0.39 is 21.5 Å². The minimum absolute atomic E-state index is 0.132. The highest BCUT2D eigenvalue weighted by molar-refractivity contribution is 7.98. The highest BCUT2D eigenvalue weighted by Gasteiger charge is 2.30. The monoisotopic (exact) mass is 691 g/mol. The van der Waals surface area contributed by atoms with Crippen LogP contribution in [0.1, 0.15) is 43.5 Å². The lowest BCUT2D eigenvalue weighted by atomic mass is 9.81. The molecule has 5 rings (SSSR count). The van der Waals surface area contributed by atoms with Crippen LogP contribution in [0, 0.1) is 5.82 Å². The van der Waals surface area contributed by atoms with Crippen LogP contribution in [0.3, 0.4) is 0 Å². The van der Waals surface area contributed by atoms with Crippen LogP contribution < -0.4 is 14.9 Å². The third kappa shape index (κ3) is 7.41. The van der Waals surface area contributed by atoms with Crippen LogP contribution in [0.5, 0.6) is 5.75 Å². The van der Waals surface area contributed by atoms with Crippen molar-refractivity contribution in [2.75, 3.05) is 20.2 Å². The maximum atomic E-state index is 13.9. The maximum absolute atomic E-state index is 13.9. The van der Waals surface area contributed by atoms with E-state index >= 15 is 0 Å². The van der Waals surface area contributed by atoms with Crippen LogP contribution in [0.2, 0.25) is 10.0 Å². The molecule has 4 aromatic rings. The summed E-state index contributed by atoms with van der Waals surface area (Å²) in [5.74, 6) is 0.561. The molecule has 2 amide bonds. The number of urea groups is 1. The highest BCUT2D eigenvalue weighted by atomic mass is 35.5. The number of hydrazine groups is 1. The summed E-state index contributed by atoms with van der Waals surface area (Å²) in [6.07, 6.45) is 3.64. The lowest BCUT2D eigenvalue weighted by Crippen LogP contribution is -2.47. The van der Waals surface area contributed by atoms with E-state index in [9.17, 15) is 17.6 Å². The van der Waals surface area contributed by atoms with Crippen molar-refractivity contribution in [2.45, 2.75) is 47.9 Å². The number of carbonyl (C=O) groups excluding carboxylic acids is 1. The van der Waals surface area contributed by atoms with E-state index in [4.69, 9.17) is 32.9 Å². The second-order valence-corrected chi connectivity index (χ2v) is 14.4. The Balaban J connectivity index is 1.39. The molecule has 1 aromatic heterocycles. The number of thioether (sulfide) groups is 1. The molecular formula is C31H32Cl2FN5O4S2. The van der Waals surface area contributed by atoms with Gasteiger partial charge in [0.15, 0.2) is 5.16 Å². The molecule has 1 fully saturated rings. The van der Waals surface area contributed by atoms with Crippen LogP contribution >= 0.6 is 35.0 Å². The van der Waals surface area contributed by atoms with Crippen molar-refractivity contribution >= 4 is 51.0 Å². The Kier molecular flexibility index (Phi) is 10.00. The predicted octanol–water partition coefficient (Wildman–Crippen LogP) is 6.94. The summed E-state index contributed by atoms with van der Waals surface area (Å²) < 4.78 is 48.9. The maximum Gasteiger partial charge on any atom is 0.343 e. The van der Waals surface area contributed by atoms with Crippen molar-refractivity contribution in [3.8, 4) is 11.4 Å². The normalized spacial score (nSPS) is 14.0. The van der Waals surface area contributed by atoms with Crippen molar-refractivity contribution in [1.82, 2.24) is 24.7 Å². The zero-order chi connectivity index (χ0) is 32.4. The number of hydrogen-bond donors (Lipinski definition) is 2. The predicted molar refractivity (Wildman–Crippen MR) is 174 cm³/mol. The largest absolute Gasteiger partial charge is 0.495 e. The number of imidazole rings is 1. The fourth-order valence-electron chi connectivity index (χ4n) is 5.05. The fourth-order valence-corrected chi connectivity index (χ4v) is 7.62. The Morgan fingerprint density at radius 2 is 1.76 bits per heavy atom. The third-order valence-corrected chi connectivity index (χ3v) is 10.6. The van der Waals surface area contributed by atoms with Gasteiger partial charge in [-0.15, -0.1) is 0 Å². The number of ether oxygens (including phenoxy) is 1. The molecule has 45 heavy (non-hydrogen) atoms. The summed E-state index contributed by atoms with van der Waals surface area (Å²) in [5.41, 5.74) is 5.12. The lowest BCUT2D eigenvalue weighted by molar-refractivity contribution is 0.202. The first kappa shape index (κ1) is 33.1. The smallest absolute Gasteiger partial charge is 0.343 e. The Morgan fingerprint density at radius 1 is 1.04 bits per heavy atom. The molecule has 0 bridgehead atoms. The minimum atomic E-state index is -4.15. The van der Waals surface area contributed by atoms with Gasteiger partial charge in [-0.05, 0) is 72.5 Å². The summed E-state index contributed by atoms with van der Waals surface area (Å²) in [5, 5.41) is 3.00. The highest BCUT2D eigenvalue weighted by Crippen LogP contribution is 2.39. The Bertz CT molecular complexity index is 1810. The molecule has 0 radical (unpaired) electrons. The van der Waals surface area contributed by atoms with Gasteiger partial charge in [0.25, 0.3) is 10.0 Å². The number of hydrogen-bond acceptors (Lipinski definition) is 7. The molecular weight excluding hydrogens is 660 g/mol. The molecule has 1 aliphatic heterocycles. The molecule has 2 N–H and O–H groups in total. The number of rotatable bonds is 10. The molecule has 0 spiro atoms. The van der Waals surface area contributed by atoms with E-state index in [1.807, 2.05) is 41.3 Å². The number of halogens is 3. The Morgan fingerprint density at radius 3 is 2.40 bits per heavy atom. The van der Waals surface area contributed by atoms with E-state index in [1.54, 1.807) is 36.5 Å². The van der Waals surface area contributed by atoms with E-state index in [1.165, 1.54) is 36.0 Å². The zero-order valence-electron chi connectivity index (χ0n) is 24.8. The molecule has 0 aliphatic carbocycles. The van der Waals surface area contributed by atoms with Gasteiger partial charge in [0.1, 0.15) is 11.6 Å². The van der Waals surface area contributed by atoms with Crippen LogP contribution in [0.25, 0.3) is 5.69 Å². The number of sulfonamides is 1. The number of nitrogens with one attached hydrogen (secondary N) is 2. The molecule has 2 heterocycles. The van der Waals surface area contributed by atoms with Crippen LogP contribution in [-0.4, -0.2) is 49.2 Å². The van der Waals surface area contributed by atoms with Gasteiger partial charge in [0, 0.05) is 35.0 Å². The number of carbonyl (C=O) groups is 1. The molecule has 0 saturated carbocycles. The Labute approximate surface area is 276 Å². The standard InChI is InChI=1S/C31H32Cl2FN5O4S2/c1-31(2,21-7-13-27(43-3)26(33)16-21)28-18-35-30(39(28)23-10-8-22(34)9-11-23)44-19-20-6-12-24(17-25(20)32)45(41,42)37-29(40)36-38-14-4-5-15-38/h6-13,16-18H,4-5,14-15,19H2,1-3H3,(H2,36,37,40). The van der Waals surface area contributed by atoms with Crippen molar-refractivity contribution in [3.05, 3.63) is 99.5 Å². The van der Waals surface area contributed by atoms with Crippen molar-refractivity contribution in [3.63, 3.8) is 0 Å². The fraction of sp³-hybridized carbons (Fsp3) is 0.290. The average Bonchev–Trinajstić information content (AvgIpc) is 3.67. The second-order valence-electron chi connectivity index (χ2n) is 11.0. The summed E-state index contributed by atoms with van der Waals surface area (Å²) in [4.78, 5) is 16.8. The van der Waals surface area contributed by atoms with Crippen molar-refractivity contribution in [2.24, 2.45) is 0 Å². The molecule has 0 unspecified atom stereocenters. The number of nitrogens with zero attached hydrogens (tertiary/aromatic N) is 3. The quantitative estimate of drug-likeness (QED) is 0.174. The summed E-state index contributed by atoms with van der Waals surface area (Å²) in [7, 11) is -2.59. The van der Waals surface area contributed by atoms with Gasteiger partial charge >= 0.3 is 6.03 Å². The topological polar surface area (TPSA) is 106 Å². The molecule has 3 aromatic carbocycles. The molecule has 9 nitrogen and oxygen atoms in total. The van der Waals surface area contributed by atoms with Crippen molar-refractivity contribution in [1.29, 1.82) is 0 Å². The molecule has 14 heteroatoms. The van der Waals surface area contributed by atoms with Gasteiger partial charge in [-0.3, -0.25) is 9.99 Å². The first-order chi connectivity index (χ1) is 21.4.